The van der Waals surface area contributed by atoms with Gasteiger partial charge < -0.3 is 10.0 Å². The Labute approximate surface area is 121 Å². The summed E-state index contributed by atoms with van der Waals surface area (Å²) >= 11 is 0. The van der Waals surface area contributed by atoms with Crippen molar-refractivity contribution in [3.8, 4) is 0 Å². The van der Waals surface area contributed by atoms with Crippen LogP contribution in [-0.4, -0.2) is 44.4 Å². The number of benzene rings is 1. The summed E-state index contributed by atoms with van der Waals surface area (Å²) in [6.07, 6.45) is 3.68. The van der Waals surface area contributed by atoms with Crippen molar-refractivity contribution in [1.29, 1.82) is 0 Å². The van der Waals surface area contributed by atoms with Gasteiger partial charge in [0.2, 0.25) is 0 Å². The molecule has 6 heteroatoms. The van der Waals surface area contributed by atoms with E-state index in [2.05, 4.69) is 9.97 Å². The van der Waals surface area contributed by atoms with Gasteiger partial charge in [0.25, 0.3) is 5.91 Å². The summed E-state index contributed by atoms with van der Waals surface area (Å²) in [7, 11) is 0. The highest BCUT2D eigenvalue weighted by Crippen LogP contribution is 2.26. The molecule has 1 saturated heterocycles. The largest absolute Gasteiger partial charge is 0.481 e. The molecular weight excluding hydrogens is 270 g/mol. The third-order valence-corrected chi connectivity index (χ3v) is 4.05. The Morgan fingerprint density at radius 3 is 2.62 bits per heavy atom. The fourth-order valence-corrected chi connectivity index (χ4v) is 2.82. The molecule has 2 heterocycles. The van der Waals surface area contributed by atoms with Gasteiger partial charge in [-0.3, -0.25) is 19.6 Å². The molecule has 3 rings (SSSR count). The summed E-state index contributed by atoms with van der Waals surface area (Å²) < 4.78 is 0. The van der Waals surface area contributed by atoms with Gasteiger partial charge in [-0.05, 0) is 31.5 Å². The summed E-state index contributed by atoms with van der Waals surface area (Å²) in [5.41, 5.74) is 1.90. The maximum Gasteiger partial charge on any atom is 0.308 e. The number of carbonyl (C=O) groups is 2. The molecule has 6 nitrogen and oxygen atoms in total. The van der Waals surface area contributed by atoms with Crippen molar-refractivity contribution in [3.63, 3.8) is 0 Å². The van der Waals surface area contributed by atoms with Crippen LogP contribution in [0.1, 0.15) is 23.7 Å². The smallest absolute Gasteiger partial charge is 0.308 e. The summed E-state index contributed by atoms with van der Waals surface area (Å²) in [6, 6.07) is 4.86. The van der Waals surface area contributed by atoms with Gasteiger partial charge in [0, 0.05) is 30.5 Å². The number of carbonyl (C=O) groups excluding carboxylic acids is 1. The number of likely N-dealkylation sites (tertiary alicyclic amines) is 1. The Balaban J connectivity index is 1.89. The topological polar surface area (TPSA) is 83.4 Å². The number of aliphatic carboxylic acids is 1. The van der Waals surface area contributed by atoms with Crippen LogP contribution in [0.5, 0.6) is 0 Å². The second-order valence-electron chi connectivity index (χ2n) is 5.23. The summed E-state index contributed by atoms with van der Waals surface area (Å²) in [5.74, 6) is -1.49. The number of amides is 1. The lowest BCUT2D eigenvalue weighted by molar-refractivity contribution is -0.142. The lowest BCUT2D eigenvalue weighted by atomic mass is 10.0. The predicted octanol–water partition coefficient (Wildman–Crippen LogP) is 1.56. The predicted molar refractivity (Wildman–Crippen MR) is 75.8 cm³/mol. The van der Waals surface area contributed by atoms with E-state index < -0.39 is 11.9 Å². The fourth-order valence-electron chi connectivity index (χ4n) is 2.82. The molecule has 1 aliphatic heterocycles. The molecule has 108 valence electrons. The van der Waals surface area contributed by atoms with Gasteiger partial charge in [-0.2, -0.15) is 0 Å². The van der Waals surface area contributed by atoms with Crippen molar-refractivity contribution in [2.45, 2.75) is 19.4 Å². The summed E-state index contributed by atoms with van der Waals surface area (Å²) in [6.45, 7) is 2.25. The van der Waals surface area contributed by atoms with Crippen LogP contribution >= 0.6 is 0 Å². The standard InChI is InChI=1S/C15H15N3O3/c1-9-11(15(20)21)4-7-18(9)14(19)10-2-3-12-13(8-10)17-6-5-16-12/h2-3,5-6,8-9,11H,4,7H2,1H3,(H,20,21). The molecule has 0 bridgehead atoms. The van der Waals surface area contributed by atoms with Gasteiger partial charge in [-0.1, -0.05) is 0 Å². The van der Waals surface area contributed by atoms with Crippen LogP contribution in [0, 0.1) is 5.92 Å². The first kappa shape index (κ1) is 13.5. The minimum absolute atomic E-state index is 0.154. The maximum absolute atomic E-state index is 12.6. The van der Waals surface area contributed by atoms with E-state index >= 15 is 0 Å². The molecule has 0 spiro atoms. The fraction of sp³-hybridized carbons (Fsp3) is 0.333. The lowest BCUT2D eigenvalue weighted by Gasteiger charge is -2.23. The Hall–Kier alpha value is -2.50. The van der Waals surface area contributed by atoms with Crippen LogP contribution in [0.2, 0.25) is 0 Å². The van der Waals surface area contributed by atoms with Crippen molar-refractivity contribution in [2.24, 2.45) is 5.92 Å². The Bertz CT molecular complexity index is 716. The molecule has 2 aromatic rings. The number of carboxylic acid groups (broad SMARTS) is 1. The van der Waals surface area contributed by atoms with Crippen LogP contribution in [0.15, 0.2) is 30.6 Å². The number of aromatic nitrogens is 2. The highest BCUT2D eigenvalue weighted by atomic mass is 16.4. The van der Waals surface area contributed by atoms with E-state index in [1.54, 1.807) is 42.4 Å². The van der Waals surface area contributed by atoms with Crippen molar-refractivity contribution >= 4 is 22.9 Å². The van der Waals surface area contributed by atoms with E-state index in [0.717, 1.165) is 5.52 Å². The second-order valence-corrected chi connectivity index (χ2v) is 5.23. The second kappa shape index (κ2) is 5.12. The molecule has 1 aliphatic rings. The van der Waals surface area contributed by atoms with E-state index in [1.165, 1.54) is 0 Å². The zero-order chi connectivity index (χ0) is 15.0. The van der Waals surface area contributed by atoms with E-state index in [0.29, 0.717) is 24.0 Å². The molecule has 21 heavy (non-hydrogen) atoms. The number of nitrogens with zero attached hydrogens (tertiary/aromatic N) is 3. The molecule has 0 radical (unpaired) electrons. The van der Waals surface area contributed by atoms with E-state index in [1.807, 2.05) is 0 Å². The lowest BCUT2D eigenvalue weighted by Crippen LogP contribution is -2.37. The first-order valence-corrected chi connectivity index (χ1v) is 6.82. The van der Waals surface area contributed by atoms with Crippen LogP contribution in [0.4, 0.5) is 0 Å². The van der Waals surface area contributed by atoms with E-state index in [-0.39, 0.29) is 11.9 Å². The zero-order valence-corrected chi connectivity index (χ0v) is 11.6. The summed E-state index contributed by atoms with van der Waals surface area (Å²) in [5, 5.41) is 9.14. The average Bonchev–Trinajstić information content (AvgIpc) is 2.88. The van der Waals surface area contributed by atoms with E-state index in [4.69, 9.17) is 5.11 Å². The van der Waals surface area contributed by atoms with Gasteiger partial charge >= 0.3 is 5.97 Å². The van der Waals surface area contributed by atoms with Crippen LogP contribution in [-0.2, 0) is 4.79 Å². The molecule has 1 amide bonds. The van der Waals surface area contributed by atoms with Gasteiger partial charge in [-0.25, -0.2) is 0 Å². The molecule has 1 N–H and O–H groups in total. The molecule has 0 aliphatic carbocycles. The number of hydrogen-bond donors (Lipinski definition) is 1. The van der Waals surface area contributed by atoms with Gasteiger partial charge in [0.15, 0.2) is 0 Å². The van der Waals surface area contributed by atoms with Crippen molar-refractivity contribution in [2.75, 3.05) is 6.54 Å². The number of fused-ring (bicyclic) bond motifs is 1. The first-order valence-electron chi connectivity index (χ1n) is 6.82. The van der Waals surface area contributed by atoms with Crippen LogP contribution < -0.4 is 0 Å². The SMILES string of the molecule is CC1C(C(=O)O)CCN1C(=O)c1ccc2nccnc2c1. The highest BCUT2D eigenvalue weighted by molar-refractivity contribution is 5.97. The quantitative estimate of drug-likeness (QED) is 0.905. The minimum Gasteiger partial charge on any atom is -0.481 e. The van der Waals surface area contributed by atoms with Crippen molar-refractivity contribution in [1.82, 2.24) is 14.9 Å². The van der Waals surface area contributed by atoms with Gasteiger partial charge in [0.1, 0.15) is 0 Å². The summed E-state index contributed by atoms with van der Waals surface area (Å²) in [4.78, 5) is 33.7. The Morgan fingerprint density at radius 1 is 1.24 bits per heavy atom. The van der Waals surface area contributed by atoms with Gasteiger partial charge in [0.05, 0.1) is 17.0 Å². The average molecular weight is 285 g/mol. The number of carboxylic acids is 1. The third kappa shape index (κ3) is 2.33. The monoisotopic (exact) mass is 285 g/mol. The van der Waals surface area contributed by atoms with Crippen molar-refractivity contribution in [3.05, 3.63) is 36.2 Å². The van der Waals surface area contributed by atoms with Crippen LogP contribution in [0.3, 0.4) is 0 Å². The first-order chi connectivity index (χ1) is 10.1. The number of rotatable bonds is 2. The molecule has 1 fully saturated rings. The maximum atomic E-state index is 12.6. The molecule has 2 unspecified atom stereocenters. The normalized spacial score (nSPS) is 21.7. The number of hydrogen-bond acceptors (Lipinski definition) is 4. The molecule has 2 atom stereocenters. The third-order valence-electron chi connectivity index (χ3n) is 4.05. The molecule has 1 aromatic carbocycles. The Kier molecular flexibility index (Phi) is 3.29. The molecular formula is C15H15N3O3. The van der Waals surface area contributed by atoms with Crippen LogP contribution in [0.25, 0.3) is 11.0 Å². The van der Waals surface area contributed by atoms with Crippen molar-refractivity contribution < 1.29 is 14.7 Å². The Morgan fingerprint density at radius 2 is 1.95 bits per heavy atom. The minimum atomic E-state index is -0.845. The zero-order valence-electron chi connectivity index (χ0n) is 11.6. The molecule has 1 aromatic heterocycles. The molecule has 0 saturated carbocycles. The van der Waals surface area contributed by atoms with Gasteiger partial charge in [-0.15, -0.1) is 0 Å². The highest BCUT2D eigenvalue weighted by Gasteiger charge is 2.38. The van der Waals surface area contributed by atoms with E-state index in [9.17, 15) is 9.59 Å².